The first-order chi connectivity index (χ1) is 17.6. The van der Waals surface area contributed by atoms with Crippen molar-refractivity contribution in [2.75, 3.05) is 44.7 Å². The lowest BCUT2D eigenvalue weighted by atomic mass is 10.1. The number of aromatic amines is 1. The molecule has 186 valence electrons. The van der Waals surface area contributed by atoms with Crippen LogP contribution in [0, 0.1) is 6.92 Å². The Morgan fingerprint density at radius 2 is 2.03 bits per heavy atom. The van der Waals surface area contributed by atoms with Crippen LogP contribution in [0.5, 0.6) is 11.6 Å². The lowest BCUT2D eigenvalue weighted by Gasteiger charge is -2.26. The Bertz CT molecular complexity index is 1330. The van der Waals surface area contributed by atoms with Gasteiger partial charge in [0, 0.05) is 60.7 Å². The molecular weight excluding hydrogens is 456 g/mol. The van der Waals surface area contributed by atoms with Crippen molar-refractivity contribution in [3.05, 3.63) is 72.1 Å². The summed E-state index contributed by atoms with van der Waals surface area (Å²) in [5.74, 6) is 1.56. The predicted molar refractivity (Wildman–Crippen MR) is 139 cm³/mol. The number of amides is 1. The molecule has 3 heterocycles. The number of fused-ring (bicyclic) bond motifs is 1. The van der Waals surface area contributed by atoms with Crippen molar-refractivity contribution in [3.8, 4) is 11.6 Å². The Morgan fingerprint density at radius 1 is 1.14 bits per heavy atom. The van der Waals surface area contributed by atoms with Crippen LogP contribution in [0.15, 0.2) is 60.8 Å². The van der Waals surface area contributed by atoms with Gasteiger partial charge >= 0.3 is 0 Å². The van der Waals surface area contributed by atoms with Crippen molar-refractivity contribution < 1.29 is 14.3 Å². The highest BCUT2D eigenvalue weighted by Crippen LogP contribution is 2.26. The van der Waals surface area contributed by atoms with Gasteiger partial charge in [0.15, 0.2) is 0 Å². The Labute approximate surface area is 209 Å². The van der Waals surface area contributed by atoms with Crippen molar-refractivity contribution in [2.45, 2.75) is 13.3 Å². The Kier molecular flexibility index (Phi) is 7.39. The molecule has 1 aliphatic heterocycles. The number of anilines is 2. The van der Waals surface area contributed by atoms with Gasteiger partial charge in [-0.3, -0.25) is 9.69 Å². The minimum Gasteiger partial charge on any atom is -0.439 e. The number of carbonyl (C=O) groups excluding carboxylic acids is 1. The molecule has 0 bridgehead atoms. The smallest absolute Gasteiger partial charge is 0.230 e. The number of aryl methyl sites for hydroxylation is 1. The second-order valence-corrected chi connectivity index (χ2v) is 8.83. The first-order valence-electron chi connectivity index (χ1n) is 12.1. The van der Waals surface area contributed by atoms with Gasteiger partial charge in [0.2, 0.25) is 17.7 Å². The van der Waals surface area contributed by atoms with Crippen LogP contribution in [-0.4, -0.2) is 65.2 Å². The number of hydrogen-bond donors (Lipinski definition) is 3. The fourth-order valence-corrected chi connectivity index (χ4v) is 4.21. The zero-order chi connectivity index (χ0) is 24.7. The third-order valence-electron chi connectivity index (χ3n) is 5.98. The molecule has 5 rings (SSSR count). The zero-order valence-corrected chi connectivity index (χ0v) is 20.3. The Balaban J connectivity index is 1.16. The van der Waals surface area contributed by atoms with Crippen LogP contribution < -0.4 is 15.4 Å². The number of rotatable bonds is 9. The van der Waals surface area contributed by atoms with Crippen molar-refractivity contribution in [1.29, 1.82) is 0 Å². The third-order valence-corrected chi connectivity index (χ3v) is 5.98. The van der Waals surface area contributed by atoms with E-state index in [0.29, 0.717) is 30.5 Å². The molecule has 9 nitrogen and oxygen atoms in total. The normalized spacial score (nSPS) is 14.0. The number of carbonyl (C=O) groups is 1. The van der Waals surface area contributed by atoms with E-state index in [-0.39, 0.29) is 5.91 Å². The SMILES string of the molecule is Cc1cc2cc(Oc3ccnc(Nc4cccc(CC(=O)NCCN5CCOCC5)c4)n3)ccc2[nH]1. The van der Waals surface area contributed by atoms with Crippen LogP contribution in [0.3, 0.4) is 0 Å². The molecule has 2 aromatic heterocycles. The standard InChI is InChI=1S/C27H30N6O3/c1-19-15-21-18-23(5-6-24(21)30-19)36-26-7-8-29-27(32-26)31-22-4-2-3-20(16-22)17-25(34)28-9-10-33-11-13-35-14-12-33/h2-8,15-16,18,30H,9-14,17H2,1H3,(H,28,34)(H,29,31,32). The molecule has 1 saturated heterocycles. The molecule has 0 saturated carbocycles. The lowest BCUT2D eigenvalue weighted by Crippen LogP contribution is -2.41. The quantitative estimate of drug-likeness (QED) is 0.331. The summed E-state index contributed by atoms with van der Waals surface area (Å²) in [6.07, 6.45) is 1.96. The molecule has 0 aliphatic carbocycles. The Morgan fingerprint density at radius 3 is 2.92 bits per heavy atom. The summed E-state index contributed by atoms with van der Waals surface area (Å²) in [6.45, 7) is 6.85. The second-order valence-electron chi connectivity index (χ2n) is 8.83. The zero-order valence-electron chi connectivity index (χ0n) is 20.3. The second kappa shape index (κ2) is 11.2. The molecule has 4 aromatic rings. The van der Waals surface area contributed by atoms with Crippen LogP contribution in [-0.2, 0) is 16.0 Å². The molecule has 0 atom stereocenters. The number of morpholine rings is 1. The largest absolute Gasteiger partial charge is 0.439 e. The first-order valence-corrected chi connectivity index (χ1v) is 12.1. The number of hydrogen-bond acceptors (Lipinski definition) is 7. The van der Waals surface area contributed by atoms with Crippen molar-refractivity contribution in [3.63, 3.8) is 0 Å². The molecule has 0 radical (unpaired) electrons. The van der Waals surface area contributed by atoms with Crippen molar-refractivity contribution in [2.24, 2.45) is 0 Å². The molecule has 1 fully saturated rings. The van der Waals surface area contributed by atoms with Crippen LogP contribution >= 0.6 is 0 Å². The van der Waals surface area contributed by atoms with E-state index >= 15 is 0 Å². The van der Waals surface area contributed by atoms with E-state index in [9.17, 15) is 4.79 Å². The van der Waals surface area contributed by atoms with Gasteiger partial charge in [0.05, 0.1) is 19.6 Å². The summed E-state index contributed by atoms with van der Waals surface area (Å²) in [5, 5.41) is 7.29. The van der Waals surface area contributed by atoms with Gasteiger partial charge in [-0.15, -0.1) is 0 Å². The van der Waals surface area contributed by atoms with E-state index in [4.69, 9.17) is 9.47 Å². The van der Waals surface area contributed by atoms with Crippen molar-refractivity contribution in [1.82, 2.24) is 25.2 Å². The molecule has 3 N–H and O–H groups in total. The van der Waals surface area contributed by atoms with Gasteiger partial charge in [-0.1, -0.05) is 12.1 Å². The number of nitrogens with one attached hydrogen (secondary N) is 3. The molecule has 1 aliphatic rings. The van der Waals surface area contributed by atoms with Gasteiger partial charge in [0.25, 0.3) is 0 Å². The minimum absolute atomic E-state index is 0.00152. The van der Waals surface area contributed by atoms with E-state index in [1.807, 2.05) is 49.4 Å². The maximum absolute atomic E-state index is 12.4. The molecule has 9 heteroatoms. The highest BCUT2D eigenvalue weighted by Gasteiger charge is 2.11. The van der Waals surface area contributed by atoms with Gasteiger partial charge in [-0.05, 0) is 48.9 Å². The van der Waals surface area contributed by atoms with Gasteiger partial charge in [-0.2, -0.15) is 4.98 Å². The van der Waals surface area contributed by atoms with Crippen LogP contribution in [0.1, 0.15) is 11.3 Å². The minimum atomic E-state index is 0.00152. The van der Waals surface area contributed by atoms with E-state index in [1.165, 1.54) is 0 Å². The van der Waals surface area contributed by atoms with Gasteiger partial charge in [0.1, 0.15) is 5.75 Å². The fourth-order valence-electron chi connectivity index (χ4n) is 4.21. The molecular formula is C27H30N6O3. The third kappa shape index (κ3) is 6.38. The van der Waals surface area contributed by atoms with E-state index in [0.717, 1.165) is 60.7 Å². The molecule has 0 unspecified atom stereocenters. The molecule has 2 aromatic carbocycles. The van der Waals surface area contributed by atoms with E-state index < -0.39 is 0 Å². The Hall–Kier alpha value is -3.95. The number of nitrogens with zero attached hydrogens (tertiary/aromatic N) is 3. The summed E-state index contributed by atoms with van der Waals surface area (Å²) in [6, 6.07) is 17.4. The van der Waals surface area contributed by atoms with Gasteiger partial charge in [-0.25, -0.2) is 4.98 Å². The monoisotopic (exact) mass is 486 g/mol. The highest BCUT2D eigenvalue weighted by atomic mass is 16.5. The maximum atomic E-state index is 12.4. The van der Waals surface area contributed by atoms with Crippen LogP contribution in [0.25, 0.3) is 10.9 Å². The summed E-state index contributed by atoms with van der Waals surface area (Å²) in [5.41, 5.74) is 3.88. The number of H-pyrrole nitrogens is 1. The molecule has 1 amide bonds. The molecule has 0 spiro atoms. The average molecular weight is 487 g/mol. The van der Waals surface area contributed by atoms with Crippen molar-refractivity contribution >= 4 is 28.4 Å². The maximum Gasteiger partial charge on any atom is 0.230 e. The highest BCUT2D eigenvalue weighted by molar-refractivity contribution is 5.82. The topological polar surface area (TPSA) is 104 Å². The van der Waals surface area contributed by atoms with E-state index in [2.05, 4.69) is 36.6 Å². The van der Waals surface area contributed by atoms with E-state index in [1.54, 1.807) is 12.3 Å². The number of aromatic nitrogens is 3. The lowest BCUT2D eigenvalue weighted by molar-refractivity contribution is -0.120. The van der Waals surface area contributed by atoms with Crippen LogP contribution in [0.4, 0.5) is 11.6 Å². The predicted octanol–water partition coefficient (Wildman–Crippen LogP) is 3.79. The van der Waals surface area contributed by atoms with Crippen LogP contribution in [0.2, 0.25) is 0 Å². The average Bonchev–Trinajstić information content (AvgIpc) is 3.24. The summed E-state index contributed by atoms with van der Waals surface area (Å²) >= 11 is 0. The van der Waals surface area contributed by atoms with Gasteiger partial charge < -0.3 is 25.1 Å². The molecule has 36 heavy (non-hydrogen) atoms. The fraction of sp³-hybridized carbons (Fsp3) is 0.296. The number of ether oxygens (including phenoxy) is 2. The summed E-state index contributed by atoms with van der Waals surface area (Å²) in [4.78, 5) is 26.8. The summed E-state index contributed by atoms with van der Waals surface area (Å²) < 4.78 is 11.3. The first kappa shape index (κ1) is 23.8. The summed E-state index contributed by atoms with van der Waals surface area (Å²) in [7, 11) is 0. The number of benzene rings is 2.